The van der Waals surface area contributed by atoms with Crippen LogP contribution in [0.1, 0.15) is 0 Å². The van der Waals surface area contributed by atoms with Gasteiger partial charge in [0.1, 0.15) is 0 Å². The highest BCUT2D eigenvalue weighted by Crippen LogP contribution is 2.29. The number of rotatable bonds is 6. The van der Waals surface area contributed by atoms with E-state index < -0.39 is 24.1 Å². The molecule has 18 heavy (non-hydrogen) atoms. The maximum absolute atomic E-state index is 12.1. The second-order valence-electron chi connectivity index (χ2n) is 2.66. The van der Waals surface area contributed by atoms with E-state index in [2.05, 4.69) is 13.3 Å². The second kappa shape index (κ2) is 9.85. The van der Waals surface area contributed by atoms with Crippen molar-refractivity contribution in [1.82, 2.24) is 0 Å². The average molecular weight is 312 g/mol. The maximum atomic E-state index is 12.1. The first-order valence-corrected chi connectivity index (χ1v) is 7.72. The molecule has 0 atom stereocenters. The van der Waals surface area contributed by atoms with Gasteiger partial charge in [-0.2, -0.15) is 13.2 Å². The Bertz CT molecular complexity index is 184. The van der Waals surface area contributed by atoms with Crippen LogP contribution in [0.2, 0.25) is 0 Å². The summed E-state index contributed by atoms with van der Waals surface area (Å²) in [5.74, 6) is -4.56. The number of alkyl halides is 3. The molecule has 0 aromatic rings. The second-order valence-corrected chi connectivity index (χ2v) is 7.56. The zero-order chi connectivity index (χ0) is 14.8. The van der Waals surface area contributed by atoms with Gasteiger partial charge < -0.3 is 26.6 Å². The molecule has 0 fully saturated rings. The molecule has 0 aromatic heterocycles. The third kappa shape index (κ3) is 6.24. The van der Waals surface area contributed by atoms with Crippen LogP contribution in [-0.2, 0) is 26.6 Å². The quantitative estimate of drug-likeness (QED) is 0.670. The van der Waals surface area contributed by atoms with Crippen molar-refractivity contribution in [2.45, 2.75) is 5.80 Å². The summed E-state index contributed by atoms with van der Waals surface area (Å²) in [6, 6.07) is 0. The molecule has 0 N–H and O–H groups in total. The van der Waals surface area contributed by atoms with Gasteiger partial charge in [0.25, 0.3) is 0 Å². The van der Waals surface area contributed by atoms with Gasteiger partial charge in [-0.1, -0.05) is 0 Å². The summed E-state index contributed by atoms with van der Waals surface area (Å²) in [5, 5.41) is 0. The minimum atomic E-state index is -4.56. The van der Waals surface area contributed by atoms with Crippen LogP contribution in [0.15, 0.2) is 0 Å². The third-order valence-electron chi connectivity index (χ3n) is 1.73. The Labute approximate surface area is 107 Å². The topological polar surface area (TPSA) is 55.4 Å². The van der Waals surface area contributed by atoms with E-state index in [1.54, 1.807) is 21.3 Å². The van der Waals surface area contributed by atoms with Crippen molar-refractivity contribution in [1.29, 1.82) is 0 Å². The van der Waals surface area contributed by atoms with Gasteiger partial charge in [-0.05, 0) is 0 Å². The smallest absolute Gasteiger partial charge is 0.379 e. The zero-order valence-corrected chi connectivity index (χ0v) is 13.3. The highest BCUT2D eigenvalue weighted by Gasteiger charge is 2.65. The lowest BCUT2D eigenvalue weighted by molar-refractivity contribution is -0.122. The molecule has 0 bridgehead atoms. The van der Waals surface area contributed by atoms with Crippen LogP contribution < -0.4 is 0 Å². The molecule has 0 saturated heterocycles. The lowest BCUT2D eigenvalue weighted by atomic mass is 11.5. The summed E-state index contributed by atoms with van der Waals surface area (Å²) in [5.41, 5.74) is 0. The lowest BCUT2D eigenvalue weighted by Crippen LogP contribution is -2.56. The minimum Gasteiger partial charge on any atom is -0.379 e. The largest absolute Gasteiger partial charge is 0.615 e. The lowest BCUT2D eigenvalue weighted by Gasteiger charge is -2.25. The molecule has 0 aromatic carbocycles. The van der Waals surface area contributed by atoms with Crippen molar-refractivity contribution >= 4 is 18.3 Å². The molecule has 6 nitrogen and oxygen atoms in total. The molecule has 112 valence electrons. The molecule has 0 saturated carbocycles. The van der Waals surface area contributed by atoms with Gasteiger partial charge in [-0.25, -0.2) is 0 Å². The Hall–Kier alpha value is -0.0162. The van der Waals surface area contributed by atoms with Crippen molar-refractivity contribution in [2.24, 2.45) is 0 Å². The van der Waals surface area contributed by atoms with E-state index in [-0.39, 0.29) is 0 Å². The molecule has 11 heteroatoms. The Morgan fingerprint density at radius 1 is 0.722 bits per heavy atom. The first kappa shape index (κ1) is 20.3. The van der Waals surface area contributed by atoms with Gasteiger partial charge in [0.05, 0.1) is 0 Å². The Kier molecular flexibility index (Phi) is 11.1. The van der Waals surface area contributed by atoms with Crippen molar-refractivity contribution in [3.63, 3.8) is 0 Å². The standard InChI is InChI=1S/C4H9F3O3Si.C3H10O3Si/c1-8-11(9-2,10-3)4(5,6)7;1-4-7(5-2)6-3/h1-3H3;7H,1-3H3. The van der Waals surface area contributed by atoms with E-state index in [9.17, 15) is 13.2 Å². The first-order chi connectivity index (χ1) is 8.28. The molecule has 0 aliphatic carbocycles. The van der Waals surface area contributed by atoms with E-state index in [4.69, 9.17) is 13.3 Å². The Morgan fingerprint density at radius 3 is 1.00 bits per heavy atom. The molecule has 0 aliphatic rings. The summed E-state index contributed by atoms with van der Waals surface area (Å²) in [7, 11) is 1.36. The van der Waals surface area contributed by atoms with Crippen LogP contribution in [0.5, 0.6) is 0 Å². The molecule has 0 radical (unpaired) electrons. The van der Waals surface area contributed by atoms with Crippen LogP contribution >= 0.6 is 0 Å². The SMILES string of the molecule is CO[SiH](OC)OC.CO[Si](OC)(OC)C(F)(F)F. The van der Waals surface area contributed by atoms with Crippen LogP contribution in [0.4, 0.5) is 13.2 Å². The van der Waals surface area contributed by atoms with E-state index >= 15 is 0 Å². The normalized spacial score (nSPS) is 12.3. The number of hydrogen-bond donors (Lipinski definition) is 0. The van der Waals surface area contributed by atoms with Crippen molar-refractivity contribution in [3.8, 4) is 0 Å². The van der Waals surface area contributed by atoms with Crippen LogP contribution in [0.3, 0.4) is 0 Å². The van der Waals surface area contributed by atoms with E-state index in [0.29, 0.717) is 0 Å². The molecule has 0 rings (SSSR count). The molecule has 0 amide bonds. The third-order valence-corrected chi connectivity index (χ3v) is 5.19. The van der Waals surface area contributed by atoms with Gasteiger partial charge in [0.2, 0.25) is 0 Å². The highest BCUT2D eigenvalue weighted by atomic mass is 28.4. The molecule has 0 spiro atoms. The molecular weight excluding hydrogens is 293 g/mol. The van der Waals surface area contributed by atoms with Crippen molar-refractivity contribution in [2.75, 3.05) is 42.7 Å². The zero-order valence-electron chi connectivity index (χ0n) is 11.2. The van der Waals surface area contributed by atoms with Gasteiger partial charge in [-0.3, -0.25) is 0 Å². The summed E-state index contributed by atoms with van der Waals surface area (Å²) >= 11 is 0. The predicted octanol–water partition coefficient (Wildman–Crippen LogP) is 0.609. The predicted molar refractivity (Wildman–Crippen MR) is 61.0 cm³/mol. The average Bonchev–Trinajstić information content (AvgIpc) is 2.33. The van der Waals surface area contributed by atoms with Crippen molar-refractivity contribution in [3.05, 3.63) is 0 Å². The number of halogens is 3. The molecule has 0 heterocycles. The highest BCUT2D eigenvalue weighted by molar-refractivity contribution is 6.62. The fourth-order valence-electron chi connectivity index (χ4n) is 0.886. The summed E-state index contributed by atoms with van der Waals surface area (Å²) in [6.07, 6.45) is 0. The van der Waals surface area contributed by atoms with Gasteiger partial charge >= 0.3 is 24.1 Å². The minimum absolute atomic E-state index is 0.909. The summed E-state index contributed by atoms with van der Waals surface area (Å²) in [4.78, 5) is 0. The van der Waals surface area contributed by atoms with Crippen LogP contribution in [-0.4, -0.2) is 66.8 Å². The van der Waals surface area contributed by atoms with E-state index in [1.165, 1.54) is 0 Å². The molecule has 0 unspecified atom stereocenters. The van der Waals surface area contributed by atoms with Gasteiger partial charge in [-0.15, -0.1) is 0 Å². The molecule has 0 aliphatic heterocycles. The fraction of sp³-hybridized carbons (Fsp3) is 1.00. The number of hydrogen-bond acceptors (Lipinski definition) is 6. The Balaban J connectivity index is 0. The van der Waals surface area contributed by atoms with Gasteiger partial charge in [0.15, 0.2) is 0 Å². The van der Waals surface area contributed by atoms with Gasteiger partial charge in [0, 0.05) is 42.7 Å². The van der Waals surface area contributed by atoms with Crippen LogP contribution in [0.25, 0.3) is 0 Å². The first-order valence-electron chi connectivity index (χ1n) is 4.59. The summed E-state index contributed by atoms with van der Waals surface area (Å²) < 4.78 is 62.9. The molecular formula is C7H19F3O6Si2. The summed E-state index contributed by atoms with van der Waals surface area (Å²) in [6.45, 7) is 0. The fourth-order valence-corrected chi connectivity index (χ4v) is 2.66. The maximum Gasteiger partial charge on any atom is 0.615 e. The van der Waals surface area contributed by atoms with Crippen LogP contribution in [0, 0.1) is 0 Å². The monoisotopic (exact) mass is 312 g/mol. The van der Waals surface area contributed by atoms with E-state index in [0.717, 1.165) is 21.3 Å². The van der Waals surface area contributed by atoms with E-state index in [1.807, 2.05) is 0 Å². The Morgan fingerprint density at radius 2 is 1.00 bits per heavy atom. The van der Waals surface area contributed by atoms with Crippen molar-refractivity contribution < 1.29 is 39.7 Å².